The molecular weight excluding hydrogens is 472 g/mol. The first-order valence-corrected chi connectivity index (χ1v) is 11.9. The summed E-state index contributed by atoms with van der Waals surface area (Å²) in [5.74, 6) is -0.487. The van der Waals surface area contributed by atoms with Gasteiger partial charge in [0.2, 0.25) is 12.0 Å². The number of benzene rings is 2. The number of amidine groups is 2. The number of hydrogen-bond acceptors (Lipinski definition) is 8. The minimum atomic E-state index is -1.22. The number of aliphatic imine (C=N–C) groups is 3. The number of anilines is 1. The number of benzodiazepines with no additional fused rings is 1. The van der Waals surface area contributed by atoms with Crippen molar-refractivity contribution in [3.05, 3.63) is 77.2 Å². The van der Waals surface area contributed by atoms with Crippen molar-refractivity contribution < 1.29 is 14.3 Å². The number of carbonyl (C=O) groups excluding carboxylic acids is 1. The Hall–Kier alpha value is -4.51. The van der Waals surface area contributed by atoms with Gasteiger partial charge in [0.1, 0.15) is 5.84 Å². The third-order valence-electron chi connectivity index (χ3n) is 5.69. The molecule has 6 N–H and O–H groups in total. The van der Waals surface area contributed by atoms with E-state index in [4.69, 9.17) is 26.4 Å². The molecule has 192 valence electrons. The van der Waals surface area contributed by atoms with E-state index in [0.29, 0.717) is 44.2 Å². The van der Waals surface area contributed by atoms with Gasteiger partial charge in [-0.3, -0.25) is 15.2 Å². The van der Waals surface area contributed by atoms with Crippen molar-refractivity contribution in [3.63, 3.8) is 0 Å². The number of morpholine rings is 1. The summed E-state index contributed by atoms with van der Waals surface area (Å²) in [6, 6.07) is 16.5. The number of para-hydroxylation sites is 1. The van der Waals surface area contributed by atoms with Gasteiger partial charge in [0.15, 0.2) is 0 Å². The van der Waals surface area contributed by atoms with Crippen LogP contribution in [0.15, 0.2) is 81.0 Å². The van der Waals surface area contributed by atoms with Crippen molar-refractivity contribution in [2.45, 2.75) is 13.1 Å². The SMILES string of the molecule is CCN=CC(C(=N)N1CCOCC1)=C(N)OC(N)=N[C@H]1N=C(c2ccccc2)c2ccccc2NC1=O. The molecule has 2 aliphatic rings. The van der Waals surface area contributed by atoms with Gasteiger partial charge in [-0.25, -0.2) is 4.99 Å². The van der Waals surface area contributed by atoms with Crippen LogP contribution in [0, 0.1) is 5.41 Å². The molecule has 2 aromatic carbocycles. The van der Waals surface area contributed by atoms with Crippen LogP contribution in [0.1, 0.15) is 18.1 Å². The number of ether oxygens (including phenoxy) is 2. The standard InChI is InChI=1S/C26H30N8O3/c1-2-30-16-19(22(27)34-12-14-36-15-13-34)23(28)37-26(29)33-24-25(35)31-20-11-7-6-10-18(20)21(32-24)17-8-4-3-5-9-17/h3-11,16,24,27H,2,12-15,28H2,1H3,(H2,29,33)(H,31,35)/t24-/m1/s1. The van der Waals surface area contributed by atoms with E-state index in [1.54, 1.807) is 6.07 Å². The second-order valence-electron chi connectivity index (χ2n) is 8.18. The fraction of sp³-hybridized carbons (Fsp3) is 0.269. The molecule has 1 fully saturated rings. The zero-order valence-electron chi connectivity index (χ0n) is 20.6. The maximum Gasteiger partial charge on any atom is 0.291 e. The molecule has 0 bridgehead atoms. The van der Waals surface area contributed by atoms with Crippen LogP contribution in [0.3, 0.4) is 0 Å². The average Bonchev–Trinajstić information content (AvgIpc) is 3.05. The zero-order valence-corrected chi connectivity index (χ0v) is 20.6. The summed E-state index contributed by atoms with van der Waals surface area (Å²) in [4.78, 5) is 27.9. The van der Waals surface area contributed by atoms with Crippen molar-refractivity contribution >= 4 is 35.4 Å². The number of nitrogens with one attached hydrogen (secondary N) is 2. The monoisotopic (exact) mass is 502 g/mol. The molecule has 0 saturated carbocycles. The lowest BCUT2D eigenvalue weighted by Crippen LogP contribution is -2.42. The lowest BCUT2D eigenvalue weighted by molar-refractivity contribution is -0.117. The molecule has 0 aliphatic carbocycles. The Labute approximate surface area is 215 Å². The lowest BCUT2D eigenvalue weighted by Gasteiger charge is -2.29. The Morgan fingerprint density at radius 3 is 2.62 bits per heavy atom. The summed E-state index contributed by atoms with van der Waals surface area (Å²) in [6.07, 6.45) is 0.253. The van der Waals surface area contributed by atoms with Gasteiger partial charge < -0.3 is 31.2 Å². The smallest absolute Gasteiger partial charge is 0.291 e. The highest BCUT2D eigenvalue weighted by molar-refractivity contribution is 6.19. The second-order valence-corrected chi connectivity index (χ2v) is 8.18. The van der Waals surface area contributed by atoms with E-state index in [9.17, 15) is 4.79 Å². The second kappa shape index (κ2) is 12.0. The Kier molecular flexibility index (Phi) is 8.26. The maximum absolute atomic E-state index is 13.0. The van der Waals surface area contributed by atoms with Gasteiger partial charge in [-0.05, 0) is 13.0 Å². The number of nitrogens with zero attached hydrogens (tertiary/aromatic N) is 4. The molecule has 11 heteroatoms. The van der Waals surface area contributed by atoms with Crippen LogP contribution >= 0.6 is 0 Å². The van der Waals surface area contributed by atoms with Gasteiger partial charge in [-0.15, -0.1) is 0 Å². The molecule has 1 saturated heterocycles. The molecule has 0 spiro atoms. The van der Waals surface area contributed by atoms with E-state index in [2.05, 4.69) is 20.3 Å². The summed E-state index contributed by atoms with van der Waals surface area (Å²) >= 11 is 0. The van der Waals surface area contributed by atoms with Gasteiger partial charge in [-0.2, -0.15) is 4.99 Å². The number of carbonyl (C=O) groups is 1. The van der Waals surface area contributed by atoms with Crippen LogP contribution in [0.2, 0.25) is 0 Å². The Balaban J connectivity index is 1.65. The molecule has 37 heavy (non-hydrogen) atoms. The molecule has 1 atom stereocenters. The first-order valence-electron chi connectivity index (χ1n) is 11.9. The van der Waals surface area contributed by atoms with Crippen molar-refractivity contribution in [1.82, 2.24) is 4.90 Å². The lowest BCUT2D eigenvalue weighted by atomic mass is 10.0. The largest absolute Gasteiger partial charge is 0.409 e. The van der Waals surface area contributed by atoms with Crippen LogP contribution in [-0.2, 0) is 14.3 Å². The molecule has 11 nitrogen and oxygen atoms in total. The normalized spacial score (nSPS) is 18.9. The Morgan fingerprint density at radius 1 is 1.19 bits per heavy atom. The molecule has 0 aromatic heterocycles. The van der Waals surface area contributed by atoms with E-state index in [1.807, 2.05) is 60.4 Å². The molecule has 0 radical (unpaired) electrons. The third-order valence-corrected chi connectivity index (χ3v) is 5.69. The van der Waals surface area contributed by atoms with Gasteiger partial charge in [0, 0.05) is 37.0 Å². The molecule has 2 heterocycles. The van der Waals surface area contributed by atoms with Crippen LogP contribution in [0.5, 0.6) is 0 Å². The van der Waals surface area contributed by atoms with Crippen molar-refractivity contribution in [2.75, 3.05) is 38.2 Å². The summed E-state index contributed by atoms with van der Waals surface area (Å²) in [5.41, 5.74) is 15.3. The van der Waals surface area contributed by atoms with Gasteiger partial charge in [0.25, 0.3) is 11.9 Å². The topological polar surface area (TPSA) is 164 Å². The highest BCUT2D eigenvalue weighted by Crippen LogP contribution is 2.24. The van der Waals surface area contributed by atoms with Gasteiger partial charge in [0.05, 0.1) is 30.2 Å². The van der Waals surface area contributed by atoms with E-state index in [-0.39, 0.29) is 23.3 Å². The third kappa shape index (κ3) is 6.19. The minimum Gasteiger partial charge on any atom is -0.409 e. The van der Waals surface area contributed by atoms with Crippen LogP contribution < -0.4 is 16.8 Å². The fourth-order valence-electron chi connectivity index (χ4n) is 3.86. The van der Waals surface area contributed by atoms with Crippen molar-refractivity contribution in [3.8, 4) is 0 Å². The maximum atomic E-state index is 13.0. The Morgan fingerprint density at radius 2 is 1.89 bits per heavy atom. The van der Waals surface area contributed by atoms with Crippen LogP contribution in [0.25, 0.3) is 0 Å². The van der Waals surface area contributed by atoms with Crippen molar-refractivity contribution in [2.24, 2.45) is 26.4 Å². The minimum absolute atomic E-state index is 0.137. The highest BCUT2D eigenvalue weighted by atomic mass is 16.5. The van der Waals surface area contributed by atoms with E-state index >= 15 is 0 Å². The number of rotatable bonds is 6. The number of hydrogen-bond donors (Lipinski definition) is 4. The Bertz CT molecular complexity index is 1260. The molecule has 2 aromatic rings. The summed E-state index contributed by atoms with van der Waals surface area (Å²) < 4.78 is 10.9. The van der Waals surface area contributed by atoms with E-state index in [0.717, 1.165) is 11.1 Å². The highest BCUT2D eigenvalue weighted by Gasteiger charge is 2.26. The van der Waals surface area contributed by atoms with Crippen LogP contribution in [-0.4, -0.2) is 73.6 Å². The first-order chi connectivity index (χ1) is 18.0. The van der Waals surface area contributed by atoms with Gasteiger partial charge in [-0.1, -0.05) is 48.5 Å². The molecule has 1 amide bonds. The van der Waals surface area contributed by atoms with Crippen molar-refractivity contribution in [1.29, 1.82) is 5.41 Å². The predicted molar refractivity (Wildman–Crippen MR) is 144 cm³/mol. The first kappa shape index (κ1) is 25.6. The van der Waals surface area contributed by atoms with Gasteiger partial charge >= 0.3 is 0 Å². The molecular formula is C26H30N8O3. The number of amides is 1. The zero-order chi connectivity index (χ0) is 26.2. The van der Waals surface area contributed by atoms with E-state index < -0.39 is 12.1 Å². The molecule has 0 unspecified atom stereocenters. The fourth-order valence-corrected chi connectivity index (χ4v) is 3.86. The summed E-state index contributed by atoms with van der Waals surface area (Å²) in [5, 5.41) is 11.5. The number of nitrogens with two attached hydrogens (primary N) is 2. The molecule has 4 rings (SSSR count). The number of fused-ring (bicyclic) bond motifs is 1. The quantitative estimate of drug-likeness (QED) is 0.267. The average molecular weight is 503 g/mol. The summed E-state index contributed by atoms with van der Waals surface area (Å²) in [6.45, 7) is 4.45. The summed E-state index contributed by atoms with van der Waals surface area (Å²) in [7, 11) is 0. The predicted octanol–water partition coefficient (Wildman–Crippen LogP) is 1.70. The van der Waals surface area contributed by atoms with Crippen LogP contribution in [0.4, 0.5) is 5.69 Å². The molecule has 2 aliphatic heterocycles. The van der Waals surface area contributed by atoms with E-state index in [1.165, 1.54) is 6.21 Å².